The Labute approximate surface area is 278 Å². The maximum atomic E-state index is 11.7. The second kappa shape index (κ2) is 14.1. The molecular weight excluding hydrogens is 719 g/mol. The van der Waals surface area contributed by atoms with Crippen molar-refractivity contribution in [3.05, 3.63) is 88.7 Å². The number of para-hydroxylation sites is 1. The van der Waals surface area contributed by atoms with E-state index >= 15 is 0 Å². The number of carbonyl (C=O) groups excluding carboxylic acids is 1. The third kappa shape index (κ3) is 6.44. The number of fused-ring (bicyclic) bond motifs is 5. The molecule has 3 nitrogen and oxygen atoms in total. The first-order valence-electron chi connectivity index (χ1n) is 16.1. The molecule has 4 heteroatoms. The van der Waals surface area contributed by atoms with Crippen LogP contribution in [-0.2, 0) is 35.7 Å². The number of carbonyl (C=O) groups is 1. The van der Waals surface area contributed by atoms with Gasteiger partial charge in [-0.05, 0) is 60.5 Å². The van der Waals surface area contributed by atoms with Crippen LogP contribution in [0.3, 0.4) is 0 Å². The minimum atomic E-state index is -0.0384. The van der Waals surface area contributed by atoms with Crippen molar-refractivity contribution in [1.82, 2.24) is 4.98 Å². The summed E-state index contributed by atoms with van der Waals surface area (Å²) in [5.74, 6) is 0.547. The van der Waals surface area contributed by atoms with Gasteiger partial charge in [0.05, 0.1) is 11.3 Å². The Hall–Kier alpha value is -2.81. The zero-order valence-electron chi connectivity index (χ0n) is 28.3. The quantitative estimate of drug-likeness (QED) is 0.116. The van der Waals surface area contributed by atoms with E-state index in [1.807, 2.05) is 27.7 Å². The molecule has 5 rings (SSSR count). The number of allylic oxidation sites excluding steroid dienone is 2. The molecule has 0 fully saturated rings. The SMILES string of the molecule is CCC(CC)C(=O)/C=C(\O)C(CC)CC.Cc1ccc2c(C)c3c([c-]c2c1)-c1nc2ccccc2cc1C(C)(C)C3(C)C.[Ir]. The van der Waals surface area contributed by atoms with Gasteiger partial charge in [0.15, 0.2) is 5.78 Å². The van der Waals surface area contributed by atoms with Gasteiger partial charge in [0.1, 0.15) is 0 Å². The predicted molar refractivity (Wildman–Crippen MR) is 183 cm³/mol. The van der Waals surface area contributed by atoms with Crippen LogP contribution >= 0.6 is 0 Å². The van der Waals surface area contributed by atoms with Gasteiger partial charge in [0, 0.05) is 43.7 Å². The number of nitrogens with zero attached hydrogens (tertiary/aromatic N) is 1. The Kier molecular flexibility index (Phi) is 11.4. The fourth-order valence-electron chi connectivity index (χ4n) is 6.78. The van der Waals surface area contributed by atoms with Gasteiger partial charge in [0.25, 0.3) is 0 Å². The van der Waals surface area contributed by atoms with E-state index < -0.39 is 0 Å². The Morgan fingerprint density at radius 3 is 2.11 bits per heavy atom. The smallest absolute Gasteiger partial charge is 0.162 e. The van der Waals surface area contributed by atoms with Gasteiger partial charge in [0.2, 0.25) is 0 Å². The summed E-state index contributed by atoms with van der Waals surface area (Å²) in [7, 11) is 0. The third-order valence-corrected chi connectivity index (χ3v) is 10.4. The fourth-order valence-corrected chi connectivity index (χ4v) is 6.78. The molecule has 0 saturated heterocycles. The summed E-state index contributed by atoms with van der Waals surface area (Å²) in [5, 5.41) is 13.5. The Morgan fingerprint density at radius 2 is 1.50 bits per heavy atom. The van der Waals surface area contributed by atoms with Crippen molar-refractivity contribution in [2.45, 2.75) is 106 Å². The van der Waals surface area contributed by atoms with Crippen LogP contribution in [-0.4, -0.2) is 15.9 Å². The van der Waals surface area contributed by atoms with E-state index in [1.165, 1.54) is 50.1 Å². The second-order valence-electron chi connectivity index (χ2n) is 13.4. The molecule has 1 aliphatic rings. The van der Waals surface area contributed by atoms with E-state index in [-0.39, 0.29) is 54.3 Å². The van der Waals surface area contributed by atoms with Crippen LogP contribution in [0.25, 0.3) is 32.9 Å². The van der Waals surface area contributed by atoms with Crippen molar-refractivity contribution in [3.63, 3.8) is 0 Å². The normalized spacial score (nSPS) is 15.0. The van der Waals surface area contributed by atoms with Crippen LogP contribution in [0.4, 0.5) is 0 Å². The van der Waals surface area contributed by atoms with E-state index in [0.29, 0.717) is 0 Å². The average Bonchev–Trinajstić information content (AvgIpc) is 2.97. The summed E-state index contributed by atoms with van der Waals surface area (Å²) in [6.07, 6.45) is 4.91. The molecule has 1 heterocycles. The number of aromatic nitrogens is 1. The largest absolute Gasteiger partial charge is 0.512 e. The van der Waals surface area contributed by atoms with Gasteiger partial charge in [-0.2, -0.15) is 0 Å². The van der Waals surface area contributed by atoms with E-state index in [9.17, 15) is 9.90 Å². The summed E-state index contributed by atoms with van der Waals surface area (Å²) < 4.78 is 0. The van der Waals surface area contributed by atoms with Crippen LogP contribution < -0.4 is 0 Å². The van der Waals surface area contributed by atoms with Crippen LogP contribution in [0.1, 0.15) is 103 Å². The molecule has 237 valence electrons. The van der Waals surface area contributed by atoms with Gasteiger partial charge in [-0.1, -0.05) is 121 Å². The van der Waals surface area contributed by atoms with Crippen LogP contribution in [0.5, 0.6) is 0 Å². The van der Waals surface area contributed by atoms with Crippen molar-refractivity contribution in [1.29, 1.82) is 0 Å². The number of ketones is 1. The van der Waals surface area contributed by atoms with Gasteiger partial charge in [-0.25, -0.2) is 0 Å². The number of aliphatic hydroxyl groups is 1. The minimum absolute atomic E-state index is 0. The molecule has 1 N–H and O–H groups in total. The maximum absolute atomic E-state index is 11.7. The molecule has 4 aromatic rings. The molecular formula is C40H50IrNO2-. The van der Waals surface area contributed by atoms with Crippen molar-refractivity contribution in [3.8, 4) is 11.3 Å². The number of hydrogen-bond acceptors (Lipinski definition) is 3. The average molecular weight is 769 g/mol. The first kappa shape index (κ1) is 35.7. The Bertz CT molecular complexity index is 1670. The van der Waals surface area contributed by atoms with E-state index in [2.05, 4.69) is 96.1 Å². The van der Waals surface area contributed by atoms with Gasteiger partial charge in [-0.3, -0.25) is 9.78 Å². The minimum Gasteiger partial charge on any atom is -0.512 e. The predicted octanol–water partition coefficient (Wildman–Crippen LogP) is 10.9. The number of benzene rings is 3. The van der Waals surface area contributed by atoms with Crippen LogP contribution in [0.15, 0.2) is 60.4 Å². The summed E-state index contributed by atoms with van der Waals surface area (Å²) in [5.41, 5.74) is 8.62. The summed E-state index contributed by atoms with van der Waals surface area (Å²) in [4.78, 5) is 16.9. The molecule has 0 atom stereocenters. The molecule has 0 unspecified atom stereocenters. The number of rotatable bonds is 7. The fraction of sp³-hybridized carbons (Fsp3) is 0.450. The van der Waals surface area contributed by atoms with Crippen LogP contribution in [0.2, 0.25) is 0 Å². The summed E-state index contributed by atoms with van der Waals surface area (Å²) >= 11 is 0. The first-order valence-corrected chi connectivity index (χ1v) is 16.1. The number of aryl methyl sites for hydroxylation is 2. The van der Waals surface area contributed by atoms with E-state index in [4.69, 9.17) is 4.98 Å². The molecule has 1 aliphatic carbocycles. The topological polar surface area (TPSA) is 50.2 Å². The third-order valence-electron chi connectivity index (χ3n) is 10.4. The molecule has 0 spiro atoms. The molecule has 0 saturated carbocycles. The van der Waals surface area contributed by atoms with Crippen molar-refractivity contribution in [2.24, 2.45) is 11.8 Å². The van der Waals surface area contributed by atoms with Crippen molar-refractivity contribution < 1.29 is 30.0 Å². The standard InChI is InChI=1S/C27H26N.C13H24O2.Ir/c1-16-11-12-20-17(2)24-21(14-19(20)13-16)25-22(26(3,4)27(24,5)6)15-18-9-7-8-10-23(18)28-25;1-5-10(6-2)12(14)9-13(15)11(7-3)8-4;/h7-13,15H,1-6H3;9-11,14H,5-8H2,1-4H3;/q-1;;/b;12-9-;. The van der Waals surface area contributed by atoms with Crippen molar-refractivity contribution in [2.75, 3.05) is 0 Å². The maximum Gasteiger partial charge on any atom is 0.162 e. The number of pyridine rings is 1. The molecule has 44 heavy (non-hydrogen) atoms. The van der Waals surface area contributed by atoms with Gasteiger partial charge >= 0.3 is 0 Å². The molecule has 3 aromatic carbocycles. The van der Waals surface area contributed by atoms with Crippen molar-refractivity contribution >= 4 is 27.5 Å². The summed E-state index contributed by atoms with van der Waals surface area (Å²) in [6, 6.07) is 21.3. The molecule has 1 radical (unpaired) electrons. The Morgan fingerprint density at radius 1 is 0.886 bits per heavy atom. The first-order chi connectivity index (χ1) is 20.3. The van der Waals surface area contributed by atoms with E-state index in [1.54, 1.807) is 0 Å². The number of aliphatic hydroxyl groups excluding tert-OH is 1. The van der Waals surface area contributed by atoms with Crippen LogP contribution in [0, 0.1) is 31.7 Å². The number of hydrogen-bond donors (Lipinski definition) is 1. The van der Waals surface area contributed by atoms with E-state index in [0.717, 1.165) is 36.9 Å². The molecule has 1 aromatic heterocycles. The van der Waals surface area contributed by atoms with Gasteiger partial charge in [-0.15, -0.1) is 23.1 Å². The molecule has 0 aliphatic heterocycles. The molecule has 0 bridgehead atoms. The zero-order valence-corrected chi connectivity index (χ0v) is 30.7. The second-order valence-corrected chi connectivity index (χ2v) is 13.4. The van der Waals surface area contributed by atoms with Gasteiger partial charge < -0.3 is 5.11 Å². The summed E-state index contributed by atoms with van der Waals surface area (Å²) in [6.45, 7) is 22.0. The zero-order chi connectivity index (χ0) is 31.7. The Balaban J connectivity index is 0.000000286. The molecule has 0 amide bonds. The monoisotopic (exact) mass is 769 g/mol.